The molecule has 0 aromatic carbocycles. The fourth-order valence-corrected chi connectivity index (χ4v) is 1.14. The molecule has 3 atom stereocenters. The van der Waals surface area contributed by atoms with Crippen molar-refractivity contribution in [2.45, 2.75) is 45.3 Å². The predicted octanol–water partition coefficient (Wildman–Crippen LogP) is 0.585. The zero-order valence-corrected chi connectivity index (χ0v) is 8.23. The smallest absolute Gasteiger partial charge is 0.320 e. The monoisotopic (exact) mass is 189 g/mol. The van der Waals surface area contributed by atoms with Gasteiger partial charge in [0.05, 0.1) is 6.10 Å². The van der Waals surface area contributed by atoms with E-state index in [4.69, 9.17) is 10.8 Å². The number of unbranched alkanes of at least 4 members (excludes halogenated alkanes) is 1. The van der Waals surface area contributed by atoms with Gasteiger partial charge in [0.2, 0.25) is 0 Å². The van der Waals surface area contributed by atoms with Crippen LogP contribution >= 0.6 is 0 Å². The highest BCUT2D eigenvalue weighted by molar-refractivity contribution is 5.73. The number of carboxylic acid groups (broad SMARTS) is 1. The molecule has 4 nitrogen and oxygen atoms in total. The van der Waals surface area contributed by atoms with Crippen molar-refractivity contribution in [3.05, 3.63) is 0 Å². The van der Waals surface area contributed by atoms with Crippen LogP contribution in [0.4, 0.5) is 0 Å². The van der Waals surface area contributed by atoms with Crippen molar-refractivity contribution in [3.8, 4) is 0 Å². The van der Waals surface area contributed by atoms with Crippen LogP contribution in [-0.4, -0.2) is 28.3 Å². The second-order valence-electron chi connectivity index (χ2n) is 3.43. The number of carbonyl (C=O) groups is 1. The highest BCUT2D eigenvalue weighted by atomic mass is 16.4. The molecular weight excluding hydrogens is 170 g/mol. The first-order valence-corrected chi connectivity index (χ1v) is 4.67. The van der Waals surface area contributed by atoms with E-state index in [2.05, 4.69) is 0 Å². The van der Waals surface area contributed by atoms with Crippen molar-refractivity contribution < 1.29 is 15.0 Å². The largest absolute Gasteiger partial charge is 0.480 e. The maximum atomic E-state index is 10.5. The number of hydrogen-bond donors (Lipinski definition) is 3. The summed E-state index contributed by atoms with van der Waals surface area (Å²) < 4.78 is 0. The number of rotatable bonds is 6. The van der Waals surface area contributed by atoms with E-state index in [1.54, 1.807) is 6.92 Å². The fourth-order valence-electron chi connectivity index (χ4n) is 1.14. The lowest BCUT2D eigenvalue weighted by Crippen LogP contribution is -2.42. The second-order valence-corrected chi connectivity index (χ2v) is 3.43. The molecule has 0 aromatic heterocycles. The Morgan fingerprint density at radius 1 is 1.54 bits per heavy atom. The molecule has 0 unspecified atom stereocenters. The molecule has 0 bridgehead atoms. The van der Waals surface area contributed by atoms with Gasteiger partial charge in [-0.25, -0.2) is 0 Å². The van der Waals surface area contributed by atoms with Gasteiger partial charge in [0.15, 0.2) is 0 Å². The van der Waals surface area contributed by atoms with E-state index >= 15 is 0 Å². The molecule has 0 saturated heterocycles. The van der Waals surface area contributed by atoms with Crippen LogP contribution in [0, 0.1) is 5.92 Å². The van der Waals surface area contributed by atoms with Gasteiger partial charge in [-0.15, -0.1) is 0 Å². The number of carboxylic acids is 1. The Labute approximate surface area is 78.7 Å². The van der Waals surface area contributed by atoms with Crippen LogP contribution in [0.5, 0.6) is 0 Å². The Hall–Kier alpha value is -0.610. The van der Waals surface area contributed by atoms with E-state index in [1.807, 2.05) is 6.92 Å². The molecule has 0 fully saturated rings. The second kappa shape index (κ2) is 5.94. The Bertz CT molecular complexity index is 161. The molecule has 0 saturated carbocycles. The van der Waals surface area contributed by atoms with E-state index in [9.17, 15) is 9.90 Å². The number of hydrogen-bond acceptors (Lipinski definition) is 3. The summed E-state index contributed by atoms with van der Waals surface area (Å²) in [4.78, 5) is 10.5. The molecule has 13 heavy (non-hydrogen) atoms. The van der Waals surface area contributed by atoms with Crippen molar-refractivity contribution in [3.63, 3.8) is 0 Å². The molecule has 0 aliphatic rings. The Balaban J connectivity index is 3.93. The standard InChI is InChI=1S/C9H19NO3/c1-3-4-5-7(11)6(2)8(10)9(12)13/h6-8,11H,3-5,10H2,1-2H3,(H,12,13)/t6-,7-,8+/m1/s1. The van der Waals surface area contributed by atoms with Gasteiger partial charge in [-0.2, -0.15) is 0 Å². The molecule has 0 amide bonds. The normalized spacial score (nSPS) is 17.8. The highest BCUT2D eigenvalue weighted by Crippen LogP contribution is 2.13. The minimum Gasteiger partial charge on any atom is -0.480 e. The Morgan fingerprint density at radius 2 is 2.08 bits per heavy atom. The summed E-state index contributed by atoms with van der Waals surface area (Å²) in [6.07, 6.45) is 1.91. The molecule has 0 aliphatic carbocycles. The number of aliphatic hydroxyl groups is 1. The summed E-state index contributed by atoms with van der Waals surface area (Å²) >= 11 is 0. The van der Waals surface area contributed by atoms with E-state index in [1.165, 1.54) is 0 Å². The van der Waals surface area contributed by atoms with Crippen LogP contribution in [0.25, 0.3) is 0 Å². The van der Waals surface area contributed by atoms with Crippen molar-refractivity contribution >= 4 is 5.97 Å². The summed E-state index contributed by atoms with van der Waals surface area (Å²) in [5, 5.41) is 18.1. The lowest BCUT2D eigenvalue weighted by molar-refractivity contribution is -0.140. The van der Waals surface area contributed by atoms with E-state index < -0.39 is 18.1 Å². The van der Waals surface area contributed by atoms with Gasteiger partial charge in [-0.3, -0.25) is 4.79 Å². The summed E-state index contributed by atoms with van der Waals surface area (Å²) in [5.74, 6) is -1.44. The highest BCUT2D eigenvalue weighted by Gasteiger charge is 2.25. The molecular formula is C9H19NO3. The van der Waals surface area contributed by atoms with Crippen LogP contribution in [-0.2, 0) is 4.79 Å². The van der Waals surface area contributed by atoms with Gasteiger partial charge in [-0.05, 0) is 6.42 Å². The Kier molecular flexibility index (Phi) is 5.66. The number of aliphatic carboxylic acids is 1. The van der Waals surface area contributed by atoms with Gasteiger partial charge in [-0.1, -0.05) is 26.7 Å². The van der Waals surface area contributed by atoms with Gasteiger partial charge in [0.25, 0.3) is 0 Å². The quantitative estimate of drug-likeness (QED) is 0.571. The van der Waals surface area contributed by atoms with Crippen molar-refractivity contribution in [1.82, 2.24) is 0 Å². The summed E-state index contributed by atoms with van der Waals surface area (Å²) in [7, 11) is 0. The molecule has 4 N–H and O–H groups in total. The zero-order valence-electron chi connectivity index (χ0n) is 8.23. The van der Waals surface area contributed by atoms with Crippen LogP contribution in [0.3, 0.4) is 0 Å². The van der Waals surface area contributed by atoms with Gasteiger partial charge >= 0.3 is 5.97 Å². The zero-order chi connectivity index (χ0) is 10.4. The van der Waals surface area contributed by atoms with Gasteiger partial charge < -0.3 is 15.9 Å². The first-order chi connectivity index (χ1) is 6.00. The average Bonchev–Trinajstić information content (AvgIpc) is 2.11. The summed E-state index contributed by atoms with van der Waals surface area (Å²) in [6, 6.07) is -0.966. The average molecular weight is 189 g/mol. The molecule has 4 heteroatoms. The minimum atomic E-state index is -1.05. The molecule has 0 aliphatic heterocycles. The fraction of sp³-hybridized carbons (Fsp3) is 0.889. The van der Waals surface area contributed by atoms with Gasteiger partial charge in [0, 0.05) is 5.92 Å². The summed E-state index contributed by atoms with van der Waals surface area (Å²) in [5.41, 5.74) is 5.37. The lowest BCUT2D eigenvalue weighted by atomic mass is 9.93. The third kappa shape index (κ3) is 4.24. The molecule has 0 radical (unpaired) electrons. The van der Waals surface area contributed by atoms with Crippen molar-refractivity contribution in [2.24, 2.45) is 11.7 Å². The first kappa shape index (κ1) is 12.4. The number of nitrogens with two attached hydrogens (primary N) is 1. The maximum absolute atomic E-state index is 10.5. The summed E-state index contributed by atoms with van der Waals surface area (Å²) in [6.45, 7) is 3.69. The van der Waals surface area contributed by atoms with Gasteiger partial charge in [0.1, 0.15) is 6.04 Å². The third-order valence-electron chi connectivity index (χ3n) is 2.31. The third-order valence-corrected chi connectivity index (χ3v) is 2.31. The molecule has 0 heterocycles. The first-order valence-electron chi connectivity index (χ1n) is 4.67. The molecule has 0 rings (SSSR count). The SMILES string of the molecule is CCCC[C@@H](O)[C@@H](C)[C@H](N)C(=O)O. The minimum absolute atomic E-state index is 0.385. The van der Waals surface area contributed by atoms with Crippen LogP contribution < -0.4 is 5.73 Å². The molecule has 0 spiro atoms. The van der Waals surface area contributed by atoms with Crippen molar-refractivity contribution in [1.29, 1.82) is 0 Å². The van der Waals surface area contributed by atoms with E-state index in [0.29, 0.717) is 6.42 Å². The van der Waals surface area contributed by atoms with E-state index in [-0.39, 0.29) is 5.92 Å². The van der Waals surface area contributed by atoms with Crippen LogP contribution in [0.1, 0.15) is 33.1 Å². The molecule has 0 aromatic rings. The van der Waals surface area contributed by atoms with Crippen LogP contribution in [0.15, 0.2) is 0 Å². The predicted molar refractivity (Wildman–Crippen MR) is 50.3 cm³/mol. The lowest BCUT2D eigenvalue weighted by Gasteiger charge is -2.21. The van der Waals surface area contributed by atoms with Crippen LogP contribution in [0.2, 0.25) is 0 Å². The topological polar surface area (TPSA) is 83.5 Å². The maximum Gasteiger partial charge on any atom is 0.320 e. The molecule has 78 valence electrons. The van der Waals surface area contributed by atoms with Crippen molar-refractivity contribution in [2.75, 3.05) is 0 Å². The Morgan fingerprint density at radius 3 is 2.46 bits per heavy atom. The van der Waals surface area contributed by atoms with E-state index in [0.717, 1.165) is 12.8 Å². The number of aliphatic hydroxyl groups excluding tert-OH is 1.